The number of rotatable bonds is 6. The first-order chi connectivity index (χ1) is 10.2. The Morgan fingerprint density at radius 2 is 1.81 bits per heavy atom. The van der Waals surface area contributed by atoms with Gasteiger partial charge in [-0.3, -0.25) is 4.79 Å². The number of para-hydroxylation sites is 1. The molecule has 2 rings (SSSR count). The van der Waals surface area contributed by atoms with E-state index in [9.17, 15) is 4.79 Å². The maximum Gasteiger partial charge on any atom is 0.257 e. The third-order valence-electron chi connectivity index (χ3n) is 3.17. The zero-order chi connectivity index (χ0) is 15.1. The smallest absolute Gasteiger partial charge is 0.257 e. The third-order valence-corrected chi connectivity index (χ3v) is 3.82. The van der Waals surface area contributed by atoms with Gasteiger partial charge in [0.05, 0.1) is 4.47 Å². The molecule has 0 aromatic heterocycles. The molecule has 0 spiro atoms. The summed E-state index contributed by atoms with van der Waals surface area (Å²) < 4.78 is 6.32. The summed E-state index contributed by atoms with van der Waals surface area (Å²) in [5.74, 6) is 0.830. The van der Waals surface area contributed by atoms with Gasteiger partial charge >= 0.3 is 0 Å². The first-order valence-corrected chi connectivity index (χ1v) is 7.65. The van der Waals surface area contributed by atoms with Crippen LogP contribution in [0.1, 0.15) is 18.4 Å². The second kappa shape index (κ2) is 7.84. The average Bonchev–Trinajstić information content (AvgIpc) is 2.52. The van der Waals surface area contributed by atoms with Crippen molar-refractivity contribution in [3.05, 3.63) is 64.6 Å². The molecule has 2 aromatic rings. The molecular formula is C17H18BrNO2. The van der Waals surface area contributed by atoms with Gasteiger partial charge in [0.15, 0.2) is 6.61 Å². The van der Waals surface area contributed by atoms with Crippen LogP contribution in [0.25, 0.3) is 0 Å². The Morgan fingerprint density at radius 3 is 2.52 bits per heavy atom. The van der Waals surface area contributed by atoms with Gasteiger partial charge in [0.1, 0.15) is 5.75 Å². The van der Waals surface area contributed by atoms with Gasteiger partial charge in [0, 0.05) is 6.54 Å². The van der Waals surface area contributed by atoms with E-state index in [4.69, 9.17) is 4.74 Å². The third kappa shape index (κ3) is 4.90. The fraction of sp³-hybridized carbons (Fsp3) is 0.235. The summed E-state index contributed by atoms with van der Waals surface area (Å²) in [7, 11) is 0. The van der Waals surface area contributed by atoms with Crippen molar-refractivity contribution in [3.8, 4) is 5.75 Å². The van der Waals surface area contributed by atoms with Crippen molar-refractivity contribution in [2.24, 2.45) is 0 Å². The second-order valence-corrected chi connectivity index (χ2v) is 5.69. The number of ether oxygens (including phenoxy) is 1. The Kier molecular flexibility index (Phi) is 5.81. The molecule has 4 heteroatoms. The van der Waals surface area contributed by atoms with Crippen LogP contribution in [0.15, 0.2) is 59.1 Å². The number of hydrogen-bond donors (Lipinski definition) is 1. The Labute approximate surface area is 133 Å². The summed E-state index contributed by atoms with van der Waals surface area (Å²) in [6.07, 6.45) is 0. The van der Waals surface area contributed by atoms with Crippen molar-refractivity contribution in [2.75, 3.05) is 13.2 Å². The zero-order valence-corrected chi connectivity index (χ0v) is 13.5. The highest BCUT2D eigenvalue weighted by Crippen LogP contribution is 2.23. The number of benzene rings is 2. The summed E-state index contributed by atoms with van der Waals surface area (Å²) in [5, 5.41) is 2.89. The van der Waals surface area contributed by atoms with Crippen LogP contribution < -0.4 is 10.1 Å². The van der Waals surface area contributed by atoms with E-state index in [-0.39, 0.29) is 18.4 Å². The predicted octanol–water partition coefficient (Wildman–Crippen LogP) is 3.75. The minimum absolute atomic E-state index is 0.0180. The molecule has 1 amide bonds. The maximum absolute atomic E-state index is 11.8. The SMILES string of the molecule is CC(CNC(=O)COc1ccccc1Br)c1ccccc1. The summed E-state index contributed by atoms with van der Waals surface area (Å²) in [6.45, 7) is 2.70. The van der Waals surface area contributed by atoms with Crippen molar-refractivity contribution < 1.29 is 9.53 Å². The summed E-state index contributed by atoms with van der Waals surface area (Å²) in [6, 6.07) is 17.6. The van der Waals surface area contributed by atoms with E-state index in [1.165, 1.54) is 5.56 Å². The number of nitrogens with one attached hydrogen (secondary N) is 1. The highest BCUT2D eigenvalue weighted by molar-refractivity contribution is 9.10. The molecule has 1 atom stereocenters. The number of amides is 1. The van der Waals surface area contributed by atoms with Crippen LogP contribution >= 0.6 is 15.9 Å². The fourth-order valence-electron chi connectivity index (χ4n) is 1.92. The van der Waals surface area contributed by atoms with Crippen molar-refractivity contribution >= 4 is 21.8 Å². The molecule has 0 aliphatic rings. The van der Waals surface area contributed by atoms with Gasteiger partial charge in [-0.05, 0) is 39.5 Å². The summed E-state index contributed by atoms with van der Waals surface area (Å²) in [5.41, 5.74) is 1.21. The van der Waals surface area contributed by atoms with Crippen LogP contribution in [-0.4, -0.2) is 19.1 Å². The maximum atomic E-state index is 11.8. The first kappa shape index (κ1) is 15.6. The van der Waals surface area contributed by atoms with E-state index >= 15 is 0 Å². The van der Waals surface area contributed by atoms with Gasteiger partial charge in [-0.25, -0.2) is 0 Å². The monoisotopic (exact) mass is 347 g/mol. The molecule has 0 saturated carbocycles. The fourth-order valence-corrected chi connectivity index (χ4v) is 2.32. The molecule has 0 fully saturated rings. The topological polar surface area (TPSA) is 38.3 Å². The van der Waals surface area contributed by atoms with Crippen molar-refractivity contribution in [1.29, 1.82) is 0 Å². The van der Waals surface area contributed by atoms with Crippen molar-refractivity contribution in [2.45, 2.75) is 12.8 Å². The van der Waals surface area contributed by atoms with Crippen LogP contribution in [0.2, 0.25) is 0 Å². The number of halogens is 1. The van der Waals surface area contributed by atoms with Gasteiger partial charge in [0.25, 0.3) is 5.91 Å². The lowest BCUT2D eigenvalue weighted by atomic mass is 10.0. The van der Waals surface area contributed by atoms with E-state index < -0.39 is 0 Å². The molecule has 1 unspecified atom stereocenters. The van der Waals surface area contributed by atoms with Gasteiger partial charge in [-0.1, -0.05) is 49.4 Å². The highest BCUT2D eigenvalue weighted by atomic mass is 79.9. The molecule has 0 saturated heterocycles. The molecule has 110 valence electrons. The number of carbonyl (C=O) groups is 1. The first-order valence-electron chi connectivity index (χ1n) is 6.86. The molecule has 0 heterocycles. The van der Waals surface area contributed by atoms with Gasteiger partial charge < -0.3 is 10.1 Å². The Balaban J connectivity index is 1.76. The average molecular weight is 348 g/mol. The normalized spacial score (nSPS) is 11.7. The molecule has 2 aromatic carbocycles. The molecule has 0 radical (unpaired) electrons. The molecule has 3 nitrogen and oxygen atoms in total. The lowest BCUT2D eigenvalue weighted by molar-refractivity contribution is -0.123. The van der Waals surface area contributed by atoms with E-state index in [0.717, 1.165) is 4.47 Å². The highest BCUT2D eigenvalue weighted by Gasteiger charge is 2.08. The molecule has 0 aliphatic heterocycles. The van der Waals surface area contributed by atoms with Gasteiger partial charge in [0.2, 0.25) is 0 Å². The minimum Gasteiger partial charge on any atom is -0.483 e. The van der Waals surface area contributed by atoms with Crippen LogP contribution in [-0.2, 0) is 4.79 Å². The van der Waals surface area contributed by atoms with Crippen LogP contribution in [0.5, 0.6) is 5.75 Å². The number of carbonyl (C=O) groups excluding carboxylic acids is 1. The zero-order valence-electron chi connectivity index (χ0n) is 11.9. The van der Waals surface area contributed by atoms with Gasteiger partial charge in [-0.2, -0.15) is 0 Å². The summed E-state index contributed by atoms with van der Waals surface area (Å²) in [4.78, 5) is 11.8. The largest absolute Gasteiger partial charge is 0.483 e. The predicted molar refractivity (Wildman–Crippen MR) is 87.5 cm³/mol. The van der Waals surface area contributed by atoms with Crippen LogP contribution in [0, 0.1) is 0 Å². The molecular weight excluding hydrogens is 330 g/mol. The standard InChI is InChI=1S/C17H18BrNO2/c1-13(14-7-3-2-4-8-14)11-19-17(20)12-21-16-10-6-5-9-15(16)18/h2-10,13H,11-12H2,1H3,(H,19,20). The number of hydrogen-bond acceptors (Lipinski definition) is 2. The van der Waals surface area contributed by atoms with E-state index in [0.29, 0.717) is 12.3 Å². The Bertz CT molecular complexity index is 586. The Morgan fingerprint density at radius 1 is 1.14 bits per heavy atom. The van der Waals surface area contributed by atoms with E-state index in [2.05, 4.69) is 40.3 Å². The molecule has 21 heavy (non-hydrogen) atoms. The molecule has 0 aliphatic carbocycles. The Hall–Kier alpha value is -1.81. The lowest BCUT2D eigenvalue weighted by Gasteiger charge is -2.13. The lowest BCUT2D eigenvalue weighted by Crippen LogP contribution is -2.31. The van der Waals surface area contributed by atoms with Crippen molar-refractivity contribution in [3.63, 3.8) is 0 Å². The van der Waals surface area contributed by atoms with E-state index in [1.54, 1.807) is 0 Å². The molecule has 1 N–H and O–H groups in total. The van der Waals surface area contributed by atoms with Crippen molar-refractivity contribution in [1.82, 2.24) is 5.32 Å². The van der Waals surface area contributed by atoms with E-state index in [1.807, 2.05) is 42.5 Å². The quantitative estimate of drug-likeness (QED) is 0.864. The van der Waals surface area contributed by atoms with Gasteiger partial charge in [-0.15, -0.1) is 0 Å². The van der Waals surface area contributed by atoms with Crippen LogP contribution in [0.3, 0.4) is 0 Å². The van der Waals surface area contributed by atoms with Crippen LogP contribution in [0.4, 0.5) is 0 Å². The summed E-state index contributed by atoms with van der Waals surface area (Å²) >= 11 is 3.38. The molecule has 0 bridgehead atoms. The second-order valence-electron chi connectivity index (χ2n) is 4.83. The minimum atomic E-state index is -0.117.